The lowest BCUT2D eigenvalue weighted by molar-refractivity contribution is 0.368. The predicted octanol–water partition coefficient (Wildman–Crippen LogP) is 3.53. The van der Waals surface area contributed by atoms with E-state index in [1.54, 1.807) is 42.6 Å². The SMILES string of the molecule is N#CCOc1ccc(/C=N\n2c(-c3cccc(F)c3)n[nH]c2=S)cc1. The van der Waals surface area contributed by atoms with Crippen LogP contribution in [-0.4, -0.2) is 27.7 Å². The van der Waals surface area contributed by atoms with E-state index in [9.17, 15) is 4.39 Å². The Bertz CT molecular complexity index is 1000. The summed E-state index contributed by atoms with van der Waals surface area (Å²) >= 11 is 5.18. The largest absolute Gasteiger partial charge is 0.479 e. The zero-order valence-corrected chi connectivity index (χ0v) is 13.7. The molecule has 0 unspecified atom stereocenters. The van der Waals surface area contributed by atoms with Crippen LogP contribution in [0.3, 0.4) is 0 Å². The summed E-state index contributed by atoms with van der Waals surface area (Å²) in [6.45, 7) is -0.00534. The quantitative estimate of drug-likeness (QED) is 0.562. The molecule has 1 aromatic heterocycles. The molecule has 0 aliphatic heterocycles. The van der Waals surface area contributed by atoms with Gasteiger partial charge in [0.25, 0.3) is 0 Å². The molecule has 0 atom stereocenters. The van der Waals surface area contributed by atoms with E-state index in [0.717, 1.165) is 5.56 Å². The highest BCUT2D eigenvalue weighted by molar-refractivity contribution is 7.71. The molecule has 1 N–H and O–H groups in total. The maximum absolute atomic E-state index is 13.4. The molecule has 3 aromatic rings. The van der Waals surface area contributed by atoms with Gasteiger partial charge in [-0.3, -0.25) is 0 Å². The van der Waals surface area contributed by atoms with E-state index in [1.807, 2.05) is 6.07 Å². The van der Waals surface area contributed by atoms with E-state index >= 15 is 0 Å². The van der Waals surface area contributed by atoms with Gasteiger partial charge in [0, 0.05) is 5.56 Å². The molecule has 0 aliphatic rings. The van der Waals surface area contributed by atoms with Gasteiger partial charge in [0.1, 0.15) is 17.6 Å². The first-order valence-corrected chi connectivity index (χ1v) is 7.66. The maximum Gasteiger partial charge on any atom is 0.216 e. The third-order valence-electron chi connectivity index (χ3n) is 3.24. The number of ether oxygens (including phenoxy) is 1. The Balaban J connectivity index is 1.86. The molecule has 0 bridgehead atoms. The molecule has 25 heavy (non-hydrogen) atoms. The normalized spacial score (nSPS) is 10.7. The van der Waals surface area contributed by atoms with E-state index in [-0.39, 0.29) is 12.4 Å². The Morgan fingerprint density at radius 3 is 2.84 bits per heavy atom. The summed E-state index contributed by atoms with van der Waals surface area (Å²) in [5, 5.41) is 19.6. The Labute approximate surface area is 147 Å². The number of hydrogen-bond acceptors (Lipinski definition) is 5. The number of nitriles is 1. The number of aromatic amines is 1. The van der Waals surface area contributed by atoms with E-state index < -0.39 is 0 Å². The molecule has 0 amide bonds. The van der Waals surface area contributed by atoms with Crippen molar-refractivity contribution < 1.29 is 9.13 Å². The van der Waals surface area contributed by atoms with Gasteiger partial charge in [0.05, 0.1) is 6.21 Å². The third-order valence-corrected chi connectivity index (χ3v) is 3.50. The molecule has 0 fully saturated rings. The number of hydrogen-bond donors (Lipinski definition) is 1. The van der Waals surface area contributed by atoms with Crippen LogP contribution in [0.2, 0.25) is 0 Å². The number of nitrogens with one attached hydrogen (secondary N) is 1. The van der Waals surface area contributed by atoms with Crippen LogP contribution in [0.15, 0.2) is 53.6 Å². The smallest absolute Gasteiger partial charge is 0.216 e. The van der Waals surface area contributed by atoms with Gasteiger partial charge in [-0.1, -0.05) is 12.1 Å². The number of rotatable bonds is 5. The van der Waals surface area contributed by atoms with Crippen molar-refractivity contribution in [3.8, 4) is 23.2 Å². The molecule has 6 nitrogen and oxygen atoms in total. The van der Waals surface area contributed by atoms with Crippen LogP contribution >= 0.6 is 12.2 Å². The van der Waals surface area contributed by atoms with Crippen molar-refractivity contribution >= 4 is 18.4 Å². The molecule has 0 saturated carbocycles. The molecule has 2 aromatic carbocycles. The van der Waals surface area contributed by atoms with Gasteiger partial charge in [0.15, 0.2) is 12.4 Å². The van der Waals surface area contributed by atoms with Crippen molar-refractivity contribution in [1.82, 2.24) is 14.9 Å². The standard InChI is InChI=1S/C17H12FN5OS/c18-14-3-1-2-13(10-14)16-21-22-17(25)23(16)20-11-12-4-6-15(7-5-12)24-9-8-19/h1-7,10-11H,9H2,(H,22,25)/b20-11-. The Morgan fingerprint density at radius 2 is 2.12 bits per heavy atom. The summed E-state index contributed by atoms with van der Waals surface area (Å²) in [7, 11) is 0. The molecule has 0 radical (unpaired) electrons. The highest BCUT2D eigenvalue weighted by Crippen LogP contribution is 2.18. The summed E-state index contributed by atoms with van der Waals surface area (Å²) in [5.41, 5.74) is 1.36. The Kier molecular flexibility index (Phi) is 4.97. The summed E-state index contributed by atoms with van der Waals surface area (Å²) in [4.78, 5) is 0. The predicted molar refractivity (Wildman–Crippen MR) is 93.3 cm³/mol. The number of halogens is 1. The van der Waals surface area contributed by atoms with Crippen molar-refractivity contribution in [2.24, 2.45) is 5.10 Å². The maximum atomic E-state index is 13.4. The lowest BCUT2D eigenvalue weighted by Crippen LogP contribution is -1.96. The first-order valence-electron chi connectivity index (χ1n) is 7.25. The molecule has 0 saturated heterocycles. The number of aromatic nitrogens is 3. The zero-order chi connectivity index (χ0) is 17.6. The van der Waals surface area contributed by atoms with Gasteiger partial charge in [-0.25, -0.2) is 9.49 Å². The van der Waals surface area contributed by atoms with Crippen LogP contribution in [0.1, 0.15) is 5.56 Å². The molecular formula is C17H12FN5OS. The highest BCUT2D eigenvalue weighted by Gasteiger charge is 2.08. The van der Waals surface area contributed by atoms with E-state index in [4.69, 9.17) is 22.2 Å². The van der Waals surface area contributed by atoms with Crippen LogP contribution in [-0.2, 0) is 0 Å². The average Bonchev–Trinajstić information content (AvgIpc) is 3.00. The van der Waals surface area contributed by atoms with Gasteiger partial charge in [-0.15, -0.1) is 0 Å². The molecular weight excluding hydrogens is 341 g/mol. The van der Waals surface area contributed by atoms with Crippen LogP contribution in [0, 0.1) is 21.9 Å². The molecule has 8 heteroatoms. The van der Waals surface area contributed by atoms with Crippen molar-refractivity contribution in [2.75, 3.05) is 6.61 Å². The van der Waals surface area contributed by atoms with Crippen LogP contribution in [0.25, 0.3) is 11.4 Å². The van der Waals surface area contributed by atoms with Crippen molar-refractivity contribution in [1.29, 1.82) is 5.26 Å². The van der Waals surface area contributed by atoms with Crippen molar-refractivity contribution in [3.63, 3.8) is 0 Å². The minimum atomic E-state index is -0.366. The van der Waals surface area contributed by atoms with E-state index in [1.165, 1.54) is 16.8 Å². The fraction of sp³-hybridized carbons (Fsp3) is 0.0588. The van der Waals surface area contributed by atoms with Crippen LogP contribution in [0.5, 0.6) is 5.75 Å². The molecule has 0 spiro atoms. The van der Waals surface area contributed by atoms with Crippen molar-refractivity contribution in [3.05, 3.63) is 64.7 Å². The summed E-state index contributed by atoms with van der Waals surface area (Å²) in [6.07, 6.45) is 1.60. The minimum Gasteiger partial charge on any atom is -0.479 e. The van der Waals surface area contributed by atoms with Crippen molar-refractivity contribution in [2.45, 2.75) is 0 Å². The lowest BCUT2D eigenvalue weighted by atomic mass is 10.2. The summed E-state index contributed by atoms with van der Waals surface area (Å²) in [6, 6.07) is 15.0. The van der Waals surface area contributed by atoms with Gasteiger partial charge in [-0.2, -0.15) is 20.1 Å². The highest BCUT2D eigenvalue weighted by atomic mass is 32.1. The van der Waals surface area contributed by atoms with E-state index in [0.29, 0.717) is 21.9 Å². The van der Waals surface area contributed by atoms with Gasteiger partial charge < -0.3 is 4.74 Å². The number of nitrogens with zero attached hydrogens (tertiary/aromatic N) is 4. The lowest BCUT2D eigenvalue weighted by Gasteiger charge is -2.02. The summed E-state index contributed by atoms with van der Waals surface area (Å²) < 4.78 is 20.3. The second-order valence-corrected chi connectivity index (χ2v) is 5.32. The fourth-order valence-corrected chi connectivity index (χ4v) is 2.28. The third kappa shape index (κ3) is 3.97. The zero-order valence-electron chi connectivity index (χ0n) is 12.9. The fourth-order valence-electron chi connectivity index (χ4n) is 2.10. The van der Waals surface area contributed by atoms with Gasteiger partial charge in [-0.05, 0) is 54.2 Å². The molecule has 1 heterocycles. The van der Waals surface area contributed by atoms with Crippen LogP contribution in [0.4, 0.5) is 4.39 Å². The first-order chi connectivity index (χ1) is 12.2. The van der Waals surface area contributed by atoms with Crippen LogP contribution < -0.4 is 4.74 Å². The second-order valence-electron chi connectivity index (χ2n) is 4.93. The second kappa shape index (κ2) is 7.51. The molecule has 124 valence electrons. The van der Waals surface area contributed by atoms with Gasteiger partial charge in [0.2, 0.25) is 4.77 Å². The Hall–Kier alpha value is -3.31. The minimum absolute atomic E-state index is 0.00534. The van der Waals surface area contributed by atoms with Gasteiger partial charge >= 0.3 is 0 Å². The topological polar surface area (TPSA) is 79.0 Å². The molecule has 0 aliphatic carbocycles. The number of benzene rings is 2. The number of H-pyrrole nitrogens is 1. The Morgan fingerprint density at radius 1 is 1.32 bits per heavy atom. The average molecular weight is 353 g/mol. The monoisotopic (exact) mass is 353 g/mol. The first kappa shape index (κ1) is 16.5. The molecule has 3 rings (SSSR count). The summed E-state index contributed by atoms with van der Waals surface area (Å²) in [5.74, 6) is 0.642. The van der Waals surface area contributed by atoms with E-state index in [2.05, 4.69) is 15.3 Å².